The first-order chi connectivity index (χ1) is 4.88. The molecule has 2 N–H and O–H groups in total. The minimum Gasteiger partial charge on any atom is -0.396 e. The van der Waals surface area contributed by atoms with Crippen molar-refractivity contribution in [3.8, 4) is 0 Å². The molecule has 0 unspecified atom stereocenters. The fourth-order valence-electron chi connectivity index (χ4n) is 0.857. The first-order valence-electron chi connectivity index (χ1n) is 2.92. The molecule has 0 aliphatic rings. The number of nitrogens with zero attached hydrogens (tertiary/aromatic N) is 3. The quantitative estimate of drug-likeness (QED) is 0.564. The molecule has 0 aromatic carbocycles. The van der Waals surface area contributed by atoms with Gasteiger partial charge in [-0.15, -0.1) is 0 Å². The Kier molecular flexibility index (Phi) is 0.887. The van der Waals surface area contributed by atoms with Crippen molar-refractivity contribution >= 4 is 11.3 Å². The lowest BCUT2D eigenvalue weighted by molar-refractivity contribution is 0.938. The summed E-state index contributed by atoms with van der Waals surface area (Å²) >= 11 is 0. The second-order valence-corrected chi connectivity index (χ2v) is 1.98. The van der Waals surface area contributed by atoms with Crippen LogP contribution in [0.5, 0.6) is 0 Å². The first-order valence-corrected chi connectivity index (χ1v) is 2.92. The lowest BCUT2D eigenvalue weighted by atomic mass is 10.5. The van der Waals surface area contributed by atoms with Gasteiger partial charge in [-0.05, 0) is 6.07 Å². The van der Waals surface area contributed by atoms with E-state index in [1.807, 2.05) is 0 Å². The Labute approximate surface area is 57.3 Å². The van der Waals surface area contributed by atoms with Gasteiger partial charge in [0.25, 0.3) is 0 Å². The molecule has 2 aromatic heterocycles. The summed E-state index contributed by atoms with van der Waals surface area (Å²) in [7, 11) is 0. The average molecular weight is 134 g/mol. The Morgan fingerprint density at radius 1 is 1.40 bits per heavy atom. The molecule has 0 saturated carbocycles. The summed E-state index contributed by atoms with van der Waals surface area (Å²) in [5.74, 6) is 0. The molecule has 4 nitrogen and oxygen atoms in total. The van der Waals surface area contributed by atoms with Crippen LogP contribution in [0.1, 0.15) is 0 Å². The summed E-state index contributed by atoms with van der Waals surface area (Å²) < 4.78 is 1.63. The maximum Gasteiger partial charge on any atom is 0.176 e. The second-order valence-electron chi connectivity index (χ2n) is 1.98. The van der Waals surface area contributed by atoms with E-state index in [1.54, 1.807) is 29.2 Å². The van der Waals surface area contributed by atoms with Gasteiger partial charge in [-0.25, -0.2) is 9.50 Å². The minimum absolute atomic E-state index is 0.653. The molecule has 0 amide bonds. The monoisotopic (exact) mass is 134 g/mol. The standard InChI is InChI=1S/C6H6N4/c7-5-1-2-9-10-4-3-8-6(5)10/h1-4H,7H2. The van der Waals surface area contributed by atoms with Crippen LogP contribution in [0.3, 0.4) is 0 Å². The van der Waals surface area contributed by atoms with E-state index in [0.29, 0.717) is 11.3 Å². The largest absolute Gasteiger partial charge is 0.396 e. The van der Waals surface area contributed by atoms with Crippen LogP contribution in [-0.4, -0.2) is 14.6 Å². The number of hydrogen-bond acceptors (Lipinski definition) is 3. The minimum atomic E-state index is 0.653. The summed E-state index contributed by atoms with van der Waals surface area (Å²) in [6.07, 6.45) is 5.06. The van der Waals surface area contributed by atoms with E-state index in [2.05, 4.69) is 10.1 Å². The SMILES string of the molecule is Nc1ccnn2ccnc12. The van der Waals surface area contributed by atoms with Crippen molar-refractivity contribution in [1.29, 1.82) is 0 Å². The van der Waals surface area contributed by atoms with Crippen molar-refractivity contribution < 1.29 is 0 Å². The van der Waals surface area contributed by atoms with E-state index >= 15 is 0 Å². The molecule has 4 heteroatoms. The lowest BCUT2D eigenvalue weighted by Crippen LogP contribution is -1.94. The van der Waals surface area contributed by atoms with Gasteiger partial charge in [0.1, 0.15) is 0 Å². The van der Waals surface area contributed by atoms with Gasteiger partial charge in [-0.3, -0.25) is 0 Å². The highest BCUT2D eigenvalue weighted by Crippen LogP contribution is 2.06. The van der Waals surface area contributed by atoms with Crippen LogP contribution in [-0.2, 0) is 0 Å². The van der Waals surface area contributed by atoms with E-state index < -0.39 is 0 Å². The number of fused-ring (bicyclic) bond motifs is 1. The highest BCUT2D eigenvalue weighted by atomic mass is 15.2. The number of hydrogen-bond donors (Lipinski definition) is 1. The van der Waals surface area contributed by atoms with Crippen molar-refractivity contribution in [2.24, 2.45) is 0 Å². The molecular formula is C6H6N4. The number of aromatic nitrogens is 3. The first kappa shape index (κ1) is 5.22. The molecule has 50 valence electrons. The third-order valence-corrected chi connectivity index (χ3v) is 1.33. The summed E-state index contributed by atoms with van der Waals surface area (Å²) in [4.78, 5) is 3.99. The topological polar surface area (TPSA) is 56.2 Å². The normalized spacial score (nSPS) is 10.4. The van der Waals surface area contributed by atoms with Crippen LogP contribution < -0.4 is 5.73 Å². The average Bonchev–Trinajstić information content (AvgIpc) is 2.36. The van der Waals surface area contributed by atoms with Crippen molar-refractivity contribution in [1.82, 2.24) is 14.6 Å². The number of anilines is 1. The molecule has 0 spiro atoms. The molecule has 0 aliphatic heterocycles. The molecular weight excluding hydrogens is 128 g/mol. The van der Waals surface area contributed by atoms with E-state index in [9.17, 15) is 0 Å². The zero-order valence-corrected chi connectivity index (χ0v) is 5.23. The Hall–Kier alpha value is -1.58. The molecule has 2 heterocycles. The zero-order valence-electron chi connectivity index (χ0n) is 5.23. The van der Waals surface area contributed by atoms with Crippen LogP contribution in [0.2, 0.25) is 0 Å². The number of rotatable bonds is 0. The number of nitrogens with two attached hydrogens (primary N) is 1. The van der Waals surface area contributed by atoms with Crippen molar-refractivity contribution in [3.63, 3.8) is 0 Å². The Balaban J connectivity index is 2.95. The number of nitrogen functional groups attached to an aromatic ring is 1. The van der Waals surface area contributed by atoms with E-state index in [1.165, 1.54) is 0 Å². The molecule has 0 atom stereocenters. The fraction of sp³-hybridized carbons (Fsp3) is 0. The predicted octanol–water partition coefficient (Wildman–Crippen LogP) is 0.311. The zero-order chi connectivity index (χ0) is 6.97. The molecule has 0 aliphatic carbocycles. The summed E-state index contributed by atoms with van der Waals surface area (Å²) in [6.45, 7) is 0. The molecule has 0 saturated heterocycles. The summed E-state index contributed by atoms with van der Waals surface area (Å²) in [6, 6.07) is 1.72. The van der Waals surface area contributed by atoms with Gasteiger partial charge >= 0.3 is 0 Å². The Bertz CT molecular complexity index is 351. The van der Waals surface area contributed by atoms with Crippen LogP contribution in [0.25, 0.3) is 5.65 Å². The molecule has 0 fully saturated rings. The van der Waals surface area contributed by atoms with E-state index in [4.69, 9.17) is 5.73 Å². The van der Waals surface area contributed by atoms with Crippen molar-refractivity contribution in [2.45, 2.75) is 0 Å². The smallest absolute Gasteiger partial charge is 0.176 e. The van der Waals surface area contributed by atoms with Crippen LogP contribution in [0.15, 0.2) is 24.7 Å². The number of imidazole rings is 1. The highest BCUT2D eigenvalue weighted by molar-refractivity contribution is 5.62. The summed E-state index contributed by atoms with van der Waals surface area (Å²) in [5, 5.41) is 3.98. The van der Waals surface area contributed by atoms with Crippen molar-refractivity contribution in [2.75, 3.05) is 5.73 Å². The summed E-state index contributed by atoms with van der Waals surface area (Å²) in [5.41, 5.74) is 6.94. The van der Waals surface area contributed by atoms with Gasteiger partial charge in [-0.1, -0.05) is 0 Å². The predicted molar refractivity (Wildman–Crippen MR) is 37.4 cm³/mol. The molecule has 2 aromatic rings. The second kappa shape index (κ2) is 1.70. The molecule has 10 heavy (non-hydrogen) atoms. The van der Waals surface area contributed by atoms with Gasteiger partial charge in [-0.2, -0.15) is 5.10 Å². The Morgan fingerprint density at radius 2 is 2.30 bits per heavy atom. The molecule has 2 rings (SSSR count). The van der Waals surface area contributed by atoms with Gasteiger partial charge in [0.2, 0.25) is 0 Å². The highest BCUT2D eigenvalue weighted by Gasteiger charge is 1.95. The van der Waals surface area contributed by atoms with Crippen molar-refractivity contribution in [3.05, 3.63) is 24.7 Å². The Morgan fingerprint density at radius 3 is 3.10 bits per heavy atom. The van der Waals surface area contributed by atoms with Gasteiger partial charge in [0.15, 0.2) is 5.65 Å². The van der Waals surface area contributed by atoms with Crippen LogP contribution >= 0.6 is 0 Å². The van der Waals surface area contributed by atoms with Gasteiger partial charge in [0.05, 0.1) is 11.9 Å². The maximum atomic E-state index is 5.58. The van der Waals surface area contributed by atoms with Crippen LogP contribution in [0.4, 0.5) is 5.69 Å². The molecule has 0 radical (unpaired) electrons. The lowest BCUT2D eigenvalue weighted by Gasteiger charge is -1.92. The maximum absolute atomic E-state index is 5.58. The van der Waals surface area contributed by atoms with Gasteiger partial charge < -0.3 is 5.73 Å². The van der Waals surface area contributed by atoms with Gasteiger partial charge in [0, 0.05) is 12.4 Å². The van der Waals surface area contributed by atoms with E-state index in [0.717, 1.165) is 0 Å². The van der Waals surface area contributed by atoms with Crippen LogP contribution in [0, 0.1) is 0 Å². The molecule has 0 bridgehead atoms. The fourth-order valence-corrected chi connectivity index (χ4v) is 0.857. The third kappa shape index (κ3) is 0.556. The third-order valence-electron chi connectivity index (χ3n) is 1.33. The van der Waals surface area contributed by atoms with E-state index in [-0.39, 0.29) is 0 Å².